The Morgan fingerprint density at radius 3 is 2.52 bits per heavy atom. The number of pyridine rings is 1. The van der Waals surface area contributed by atoms with Gasteiger partial charge in [-0.25, -0.2) is 4.39 Å². The lowest BCUT2D eigenvalue weighted by Crippen LogP contribution is -2.27. The Labute approximate surface area is 116 Å². The number of benzene rings is 1. The highest BCUT2D eigenvalue weighted by molar-refractivity contribution is 5.34. The molecule has 108 valence electrons. The third-order valence-electron chi connectivity index (χ3n) is 2.83. The standard InChI is InChI=1S/C14H8F4N2O/c15-11-5-4-9(6-10(11)7-19)8-20-12(14(16,17)18)2-1-3-13(20)21/h1-6H,8H2. The fourth-order valence-corrected chi connectivity index (χ4v) is 1.87. The maximum atomic E-state index is 13.2. The molecule has 0 bridgehead atoms. The molecule has 0 unspecified atom stereocenters. The third-order valence-corrected chi connectivity index (χ3v) is 2.83. The highest BCUT2D eigenvalue weighted by Gasteiger charge is 2.34. The van der Waals surface area contributed by atoms with E-state index >= 15 is 0 Å². The molecule has 0 N–H and O–H groups in total. The van der Waals surface area contributed by atoms with Gasteiger partial charge in [0.1, 0.15) is 17.6 Å². The molecule has 0 aliphatic carbocycles. The van der Waals surface area contributed by atoms with Crippen molar-refractivity contribution in [2.45, 2.75) is 12.7 Å². The van der Waals surface area contributed by atoms with E-state index in [1.54, 1.807) is 6.07 Å². The fraction of sp³-hybridized carbons (Fsp3) is 0.143. The van der Waals surface area contributed by atoms with Gasteiger partial charge in [0.15, 0.2) is 0 Å². The number of rotatable bonds is 2. The topological polar surface area (TPSA) is 45.8 Å². The minimum atomic E-state index is -4.68. The van der Waals surface area contributed by atoms with Crippen molar-refractivity contribution in [3.63, 3.8) is 0 Å². The Balaban J connectivity index is 2.50. The summed E-state index contributed by atoms with van der Waals surface area (Å²) < 4.78 is 52.3. The first-order valence-corrected chi connectivity index (χ1v) is 5.78. The van der Waals surface area contributed by atoms with E-state index in [0.717, 1.165) is 30.3 Å². The smallest absolute Gasteiger partial charge is 0.300 e. The molecule has 2 aromatic rings. The molecular weight excluding hydrogens is 288 g/mol. The Bertz CT molecular complexity index is 772. The van der Waals surface area contributed by atoms with Crippen LogP contribution in [0.5, 0.6) is 0 Å². The van der Waals surface area contributed by atoms with E-state index in [2.05, 4.69) is 0 Å². The van der Waals surface area contributed by atoms with Crippen LogP contribution in [0.3, 0.4) is 0 Å². The van der Waals surface area contributed by atoms with Gasteiger partial charge in [0.2, 0.25) is 0 Å². The summed E-state index contributed by atoms with van der Waals surface area (Å²) in [5.41, 5.74) is -1.98. The van der Waals surface area contributed by atoms with Gasteiger partial charge in [0, 0.05) is 6.07 Å². The van der Waals surface area contributed by atoms with Crippen LogP contribution in [0, 0.1) is 17.1 Å². The molecule has 21 heavy (non-hydrogen) atoms. The zero-order chi connectivity index (χ0) is 15.6. The molecule has 0 amide bonds. The molecule has 1 aromatic heterocycles. The van der Waals surface area contributed by atoms with Gasteiger partial charge < -0.3 is 0 Å². The van der Waals surface area contributed by atoms with Crippen LogP contribution in [-0.2, 0) is 12.7 Å². The van der Waals surface area contributed by atoms with Crippen molar-refractivity contribution in [2.75, 3.05) is 0 Å². The van der Waals surface area contributed by atoms with Gasteiger partial charge in [-0.3, -0.25) is 9.36 Å². The van der Waals surface area contributed by atoms with E-state index in [-0.39, 0.29) is 11.1 Å². The molecule has 7 heteroatoms. The third kappa shape index (κ3) is 3.11. The van der Waals surface area contributed by atoms with Crippen LogP contribution in [0.15, 0.2) is 41.2 Å². The zero-order valence-electron chi connectivity index (χ0n) is 10.5. The predicted octanol–water partition coefficient (Wildman–Crippen LogP) is 2.93. The summed E-state index contributed by atoms with van der Waals surface area (Å²) in [5.74, 6) is -0.766. The lowest BCUT2D eigenvalue weighted by molar-refractivity contribution is -0.144. The summed E-state index contributed by atoms with van der Waals surface area (Å²) in [7, 11) is 0. The van der Waals surface area contributed by atoms with Crippen molar-refractivity contribution in [3.8, 4) is 6.07 Å². The molecule has 0 radical (unpaired) electrons. The Kier molecular flexibility index (Phi) is 3.80. The number of hydrogen-bond donors (Lipinski definition) is 0. The van der Waals surface area contributed by atoms with Crippen molar-refractivity contribution in [1.29, 1.82) is 5.26 Å². The number of hydrogen-bond acceptors (Lipinski definition) is 2. The lowest BCUT2D eigenvalue weighted by Gasteiger charge is -2.15. The van der Waals surface area contributed by atoms with Crippen molar-refractivity contribution in [1.82, 2.24) is 4.57 Å². The minimum absolute atomic E-state index is 0.228. The van der Waals surface area contributed by atoms with E-state index in [1.807, 2.05) is 0 Å². The second kappa shape index (κ2) is 5.40. The lowest BCUT2D eigenvalue weighted by atomic mass is 10.1. The summed E-state index contributed by atoms with van der Waals surface area (Å²) in [5, 5.41) is 8.71. The first kappa shape index (κ1) is 14.8. The van der Waals surface area contributed by atoms with Crippen molar-refractivity contribution < 1.29 is 17.6 Å². The SMILES string of the molecule is N#Cc1cc(Cn2c(C(F)(F)F)cccc2=O)ccc1F. The normalized spacial score (nSPS) is 11.2. The van der Waals surface area contributed by atoms with Gasteiger partial charge in [-0.05, 0) is 23.8 Å². The highest BCUT2D eigenvalue weighted by Crippen LogP contribution is 2.28. The van der Waals surface area contributed by atoms with Crippen LogP contribution >= 0.6 is 0 Å². The molecule has 2 rings (SSSR count). The average Bonchev–Trinajstić information content (AvgIpc) is 2.41. The summed E-state index contributed by atoms with van der Waals surface area (Å²) >= 11 is 0. The number of alkyl halides is 3. The van der Waals surface area contributed by atoms with E-state index < -0.39 is 29.8 Å². The maximum Gasteiger partial charge on any atom is 0.431 e. The number of aromatic nitrogens is 1. The first-order valence-electron chi connectivity index (χ1n) is 5.78. The Hall–Kier alpha value is -2.62. The van der Waals surface area contributed by atoms with Crippen LogP contribution in [0.4, 0.5) is 17.6 Å². The van der Waals surface area contributed by atoms with Crippen molar-refractivity contribution in [3.05, 3.63) is 69.4 Å². The van der Waals surface area contributed by atoms with Crippen LogP contribution in [0.2, 0.25) is 0 Å². The van der Waals surface area contributed by atoms with Gasteiger partial charge in [-0.15, -0.1) is 0 Å². The van der Waals surface area contributed by atoms with Gasteiger partial charge in [0.05, 0.1) is 12.1 Å². The molecule has 0 atom stereocenters. The quantitative estimate of drug-likeness (QED) is 0.800. The van der Waals surface area contributed by atoms with Gasteiger partial charge in [-0.1, -0.05) is 12.1 Å². The molecule has 0 spiro atoms. The van der Waals surface area contributed by atoms with Crippen LogP contribution in [0.1, 0.15) is 16.8 Å². The molecule has 0 fully saturated rings. The predicted molar refractivity (Wildman–Crippen MR) is 65.9 cm³/mol. The zero-order valence-corrected chi connectivity index (χ0v) is 10.5. The molecule has 3 nitrogen and oxygen atoms in total. The summed E-state index contributed by atoms with van der Waals surface area (Å²) in [6.07, 6.45) is -4.68. The van der Waals surface area contributed by atoms with Gasteiger partial charge in [-0.2, -0.15) is 18.4 Å². The fourth-order valence-electron chi connectivity index (χ4n) is 1.87. The molecular formula is C14H8F4N2O. The molecule has 1 heterocycles. The Morgan fingerprint density at radius 1 is 1.19 bits per heavy atom. The number of halogens is 4. The minimum Gasteiger partial charge on any atom is -0.300 e. The van der Waals surface area contributed by atoms with E-state index in [0.29, 0.717) is 4.57 Å². The van der Waals surface area contributed by atoms with Crippen molar-refractivity contribution in [2.24, 2.45) is 0 Å². The molecule has 0 aliphatic rings. The summed E-state index contributed by atoms with van der Waals surface area (Å²) in [4.78, 5) is 11.6. The number of nitrogens with zero attached hydrogens (tertiary/aromatic N) is 2. The molecule has 0 saturated heterocycles. The van der Waals surface area contributed by atoms with E-state index in [1.165, 1.54) is 6.07 Å². The first-order chi connectivity index (χ1) is 9.82. The van der Waals surface area contributed by atoms with E-state index in [9.17, 15) is 22.4 Å². The monoisotopic (exact) mass is 296 g/mol. The largest absolute Gasteiger partial charge is 0.431 e. The van der Waals surface area contributed by atoms with Gasteiger partial charge >= 0.3 is 6.18 Å². The molecule has 0 saturated carbocycles. The van der Waals surface area contributed by atoms with Crippen LogP contribution in [0.25, 0.3) is 0 Å². The second-order valence-corrected chi connectivity index (χ2v) is 4.26. The van der Waals surface area contributed by atoms with Gasteiger partial charge in [0.25, 0.3) is 5.56 Å². The van der Waals surface area contributed by atoms with Crippen molar-refractivity contribution >= 4 is 0 Å². The maximum absolute atomic E-state index is 13.2. The number of nitriles is 1. The molecule has 1 aromatic carbocycles. The highest BCUT2D eigenvalue weighted by atomic mass is 19.4. The second-order valence-electron chi connectivity index (χ2n) is 4.26. The summed E-state index contributed by atoms with van der Waals surface area (Å²) in [6, 6.07) is 7.74. The average molecular weight is 296 g/mol. The van der Waals surface area contributed by atoms with Crippen LogP contribution in [-0.4, -0.2) is 4.57 Å². The van der Waals surface area contributed by atoms with E-state index in [4.69, 9.17) is 5.26 Å². The Morgan fingerprint density at radius 2 is 1.90 bits per heavy atom. The van der Waals surface area contributed by atoms with Crippen LogP contribution < -0.4 is 5.56 Å². The molecule has 0 aliphatic heterocycles. The summed E-state index contributed by atoms with van der Waals surface area (Å²) in [6.45, 7) is -0.399.